The highest BCUT2D eigenvalue weighted by molar-refractivity contribution is 5.95. The highest BCUT2D eigenvalue weighted by Gasteiger charge is 2.17. The highest BCUT2D eigenvalue weighted by atomic mass is 19.1. The predicted molar refractivity (Wildman–Crippen MR) is 87.1 cm³/mol. The predicted octanol–water partition coefficient (Wildman–Crippen LogP) is 3.17. The van der Waals surface area contributed by atoms with Gasteiger partial charge in [-0.2, -0.15) is 0 Å². The van der Waals surface area contributed by atoms with Crippen molar-refractivity contribution < 1.29 is 23.5 Å². The minimum atomic E-state index is -0.959. The van der Waals surface area contributed by atoms with Gasteiger partial charge in [-0.25, -0.2) is 4.39 Å². The first-order valence-electron chi connectivity index (χ1n) is 7.48. The number of halogens is 1. The molecule has 1 amide bonds. The molecule has 0 saturated carbocycles. The fraction of sp³-hybridized carbons (Fsp3) is 0.222. The van der Waals surface area contributed by atoms with Gasteiger partial charge in [0.25, 0.3) is 5.91 Å². The van der Waals surface area contributed by atoms with Crippen LogP contribution in [0.5, 0.6) is 5.75 Å². The zero-order valence-corrected chi connectivity index (χ0v) is 13.2. The molecule has 0 spiro atoms. The summed E-state index contributed by atoms with van der Waals surface area (Å²) in [5, 5.41) is 2.54. The quantitative estimate of drug-likeness (QED) is 0.792. The van der Waals surface area contributed by atoms with Crippen molar-refractivity contribution in [2.75, 3.05) is 11.9 Å². The molecule has 0 saturated heterocycles. The Hall–Kier alpha value is -2.89. The summed E-state index contributed by atoms with van der Waals surface area (Å²) < 4.78 is 23.2. The molecule has 5 nitrogen and oxygen atoms in total. The standard InChI is InChI=1S/C18H18FNO4/c1-13(18(22)20-15-9-7-14(19)8-10-15)24-17(21)11-12-23-16-5-3-2-4-6-16/h2-10,13H,11-12H2,1H3,(H,20,22)/t13-/m1/s1. The number of carbonyl (C=O) groups excluding carboxylic acids is 2. The molecule has 0 aliphatic heterocycles. The van der Waals surface area contributed by atoms with E-state index in [1.54, 1.807) is 12.1 Å². The number of hydrogen-bond acceptors (Lipinski definition) is 4. The molecule has 0 aliphatic carbocycles. The van der Waals surface area contributed by atoms with Crippen molar-refractivity contribution in [1.82, 2.24) is 0 Å². The largest absolute Gasteiger partial charge is 0.493 e. The third-order valence-electron chi connectivity index (χ3n) is 3.11. The molecule has 24 heavy (non-hydrogen) atoms. The van der Waals surface area contributed by atoms with E-state index in [0.717, 1.165) is 0 Å². The second kappa shape index (κ2) is 8.67. The van der Waals surface area contributed by atoms with E-state index >= 15 is 0 Å². The van der Waals surface area contributed by atoms with Crippen LogP contribution in [0.2, 0.25) is 0 Å². The average molecular weight is 331 g/mol. The molecule has 126 valence electrons. The van der Waals surface area contributed by atoms with Crippen molar-refractivity contribution in [3.05, 3.63) is 60.4 Å². The first kappa shape index (κ1) is 17.5. The lowest BCUT2D eigenvalue weighted by atomic mass is 10.3. The van der Waals surface area contributed by atoms with Crippen LogP contribution in [0.25, 0.3) is 0 Å². The van der Waals surface area contributed by atoms with E-state index in [2.05, 4.69) is 5.32 Å². The average Bonchev–Trinajstić information content (AvgIpc) is 2.58. The number of nitrogens with one attached hydrogen (secondary N) is 1. The fourth-order valence-electron chi connectivity index (χ4n) is 1.86. The zero-order chi connectivity index (χ0) is 17.4. The SMILES string of the molecule is C[C@@H](OC(=O)CCOc1ccccc1)C(=O)Nc1ccc(F)cc1. The van der Waals surface area contributed by atoms with Gasteiger partial charge in [-0.05, 0) is 43.3 Å². The van der Waals surface area contributed by atoms with E-state index < -0.39 is 23.8 Å². The summed E-state index contributed by atoms with van der Waals surface area (Å²) in [4.78, 5) is 23.6. The van der Waals surface area contributed by atoms with Crippen molar-refractivity contribution in [3.63, 3.8) is 0 Å². The fourth-order valence-corrected chi connectivity index (χ4v) is 1.86. The first-order valence-corrected chi connectivity index (χ1v) is 7.48. The highest BCUT2D eigenvalue weighted by Crippen LogP contribution is 2.10. The minimum Gasteiger partial charge on any atom is -0.493 e. The lowest BCUT2D eigenvalue weighted by molar-refractivity contribution is -0.153. The second-order valence-corrected chi connectivity index (χ2v) is 5.04. The summed E-state index contributed by atoms with van der Waals surface area (Å²) in [5.41, 5.74) is 0.428. The van der Waals surface area contributed by atoms with E-state index in [1.807, 2.05) is 18.2 Å². The Bertz CT molecular complexity index is 673. The van der Waals surface area contributed by atoms with Gasteiger partial charge in [0.2, 0.25) is 0 Å². The molecule has 2 rings (SSSR count). The number of para-hydroxylation sites is 1. The minimum absolute atomic E-state index is 0.0308. The third kappa shape index (κ3) is 5.72. The summed E-state index contributed by atoms with van der Waals surface area (Å²) in [6.45, 7) is 1.63. The van der Waals surface area contributed by atoms with Crippen molar-refractivity contribution in [2.24, 2.45) is 0 Å². The molecule has 0 bridgehead atoms. The van der Waals surface area contributed by atoms with Crippen molar-refractivity contribution in [3.8, 4) is 5.75 Å². The van der Waals surface area contributed by atoms with E-state index in [-0.39, 0.29) is 13.0 Å². The molecule has 1 atom stereocenters. The Morgan fingerprint density at radius 1 is 1.08 bits per heavy atom. The van der Waals surface area contributed by atoms with Crippen LogP contribution in [0.15, 0.2) is 54.6 Å². The topological polar surface area (TPSA) is 64.6 Å². The monoisotopic (exact) mass is 331 g/mol. The van der Waals surface area contributed by atoms with E-state index in [1.165, 1.54) is 31.2 Å². The molecule has 1 N–H and O–H groups in total. The zero-order valence-electron chi connectivity index (χ0n) is 13.2. The van der Waals surface area contributed by atoms with Gasteiger partial charge in [0.15, 0.2) is 6.10 Å². The number of benzene rings is 2. The summed E-state index contributed by atoms with van der Waals surface area (Å²) in [6, 6.07) is 14.4. The van der Waals surface area contributed by atoms with E-state index in [4.69, 9.17) is 9.47 Å². The molecule has 0 radical (unpaired) electrons. The Kier molecular flexibility index (Phi) is 6.31. The Balaban J connectivity index is 1.72. The van der Waals surface area contributed by atoms with Crippen LogP contribution >= 0.6 is 0 Å². The van der Waals surface area contributed by atoms with Gasteiger partial charge in [0, 0.05) is 5.69 Å². The molecule has 0 unspecified atom stereocenters. The molecule has 0 heterocycles. The van der Waals surface area contributed by atoms with Gasteiger partial charge < -0.3 is 14.8 Å². The van der Waals surface area contributed by atoms with Gasteiger partial charge >= 0.3 is 5.97 Å². The maximum absolute atomic E-state index is 12.8. The third-order valence-corrected chi connectivity index (χ3v) is 3.11. The van der Waals surface area contributed by atoms with E-state index in [0.29, 0.717) is 11.4 Å². The molecule has 0 aromatic heterocycles. The summed E-state index contributed by atoms with van der Waals surface area (Å²) >= 11 is 0. The van der Waals surface area contributed by atoms with Gasteiger partial charge in [-0.3, -0.25) is 9.59 Å². The molecule has 2 aromatic carbocycles. The smallest absolute Gasteiger partial charge is 0.310 e. The number of ether oxygens (including phenoxy) is 2. The van der Waals surface area contributed by atoms with Crippen LogP contribution in [0.1, 0.15) is 13.3 Å². The first-order chi connectivity index (χ1) is 11.5. The van der Waals surface area contributed by atoms with Gasteiger partial charge in [0.1, 0.15) is 11.6 Å². The van der Waals surface area contributed by atoms with Crippen molar-refractivity contribution in [1.29, 1.82) is 0 Å². The maximum Gasteiger partial charge on any atom is 0.310 e. The normalized spacial score (nSPS) is 11.4. The Labute approximate surface area is 139 Å². The van der Waals surface area contributed by atoms with Gasteiger partial charge in [0.05, 0.1) is 13.0 Å². The summed E-state index contributed by atoms with van der Waals surface area (Å²) in [5.74, 6) is -0.759. The lowest BCUT2D eigenvalue weighted by Crippen LogP contribution is -2.30. The molecule has 6 heteroatoms. The van der Waals surface area contributed by atoms with Crippen molar-refractivity contribution >= 4 is 17.6 Å². The van der Waals surface area contributed by atoms with Crippen LogP contribution in [0.3, 0.4) is 0 Å². The van der Waals surface area contributed by atoms with Crippen LogP contribution in [0, 0.1) is 5.82 Å². The molecule has 0 aliphatic rings. The summed E-state index contributed by atoms with van der Waals surface area (Å²) in [6.07, 6.45) is -0.928. The lowest BCUT2D eigenvalue weighted by Gasteiger charge is -2.13. The molecule has 2 aromatic rings. The van der Waals surface area contributed by atoms with Crippen LogP contribution < -0.4 is 10.1 Å². The van der Waals surface area contributed by atoms with Crippen molar-refractivity contribution in [2.45, 2.75) is 19.4 Å². The van der Waals surface area contributed by atoms with Gasteiger partial charge in [-0.1, -0.05) is 18.2 Å². The number of hydrogen-bond donors (Lipinski definition) is 1. The van der Waals surface area contributed by atoms with Crippen LogP contribution in [-0.4, -0.2) is 24.6 Å². The second-order valence-electron chi connectivity index (χ2n) is 5.04. The molecular weight excluding hydrogens is 313 g/mol. The summed E-state index contributed by atoms with van der Waals surface area (Å²) in [7, 11) is 0. The number of rotatable bonds is 7. The maximum atomic E-state index is 12.8. The Morgan fingerprint density at radius 2 is 1.75 bits per heavy atom. The Morgan fingerprint density at radius 3 is 2.42 bits per heavy atom. The van der Waals surface area contributed by atoms with Crippen LogP contribution in [0.4, 0.5) is 10.1 Å². The number of esters is 1. The van der Waals surface area contributed by atoms with E-state index in [9.17, 15) is 14.0 Å². The number of carbonyl (C=O) groups is 2. The number of anilines is 1. The molecule has 0 fully saturated rings. The number of amides is 1. The van der Waals surface area contributed by atoms with Gasteiger partial charge in [-0.15, -0.1) is 0 Å². The molecular formula is C18H18FNO4. The van der Waals surface area contributed by atoms with Crippen LogP contribution in [-0.2, 0) is 14.3 Å².